The fourth-order valence-corrected chi connectivity index (χ4v) is 3.86. The number of ketones is 1. The monoisotopic (exact) mass is 449 g/mol. The number of hydrogen-bond acceptors (Lipinski definition) is 5. The van der Waals surface area contributed by atoms with Gasteiger partial charge in [0.1, 0.15) is 29.1 Å². The molecule has 1 aliphatic rings. The van der Waals surface area contributed by atoms with Crippen molar-refractivity contribution in [1.29, 1.82) is 0 Å². The molecule has 0 spiro atoms. The summed E-state index contributed by atoms with van der Waals surface area (Å²) in [6.07, 6.45) is 2.69. The van der Waals surface area contributed by atoms with E-state index in [9.17, 15) is 19.1 Å². The van der Waals surface area contributed by atoms with E-state index in [1.807, 2.05) is 6.92 Å². The van der Waals surface area contributed by atoms with Crippen LogP contribution in [-0.4, -0.2) is 34.8 Å². The minimum Gasteiger partial charge on any atom is -0.507 e. The number of hydrogen-bond donors (Lipinski definition) is 1. The molecule has 1 atom stereocenters. The van der Waals surface area contributed by atoms with Crippen LogP contribution in [0.5, 0.6) is 5.75 Å². The van der Waals surface area contributed by atoms with Crippen molar-refractivity contribution in [2.75, 3.05) is 13.2 Å². The van der Waals surface area contributed by atoms with Crippen molar-refractivity contribution in [2.45, 2.75) is 25.8 Å². The van der Waals surface area contributed by atoms with Crippen LogP contribution in [0.4, 0.5) is 4.39 Å². The van der Waals surface area contributed by atoms with Crippen molar-refractivity contribution in [3.05, 3.63) is 95.2 Å². The van der Waals surface area contributed by atoms with Gasteiger partial charge in [-0.25, -0.2) is 4.39 Å². The maximum Gasteiger partial charge on any atom is 0.295 e. The highest BCUT2D eigenvalue weighted by molar-refractivity contribution is 6.46. The van der Waals surface area contributed by atoms with Gasteiger partial charge in [-0.15, -0.1) is 0 Å². The number of benzene rings is 2. The molecule has 1 fully saturated rings. The summed E-state index contributed by atoms with van der Waals surface area (Å²) >= 11 is 0. The van der Waals surface area contributed by atoms with Gasteiger partial charge in [0.15, 0.2) is 0 Å². The van der Waals surface area contributed by atoms with Gasteiger partial charge in [-0.2, -0.15) is 0 Å². The number of Topliss-reactive ketones (excluding diaryl/α,β-unsaturated/α-hetero) is 1. The number of carbonyl (C=O) groups is 2. The van der Waals surface area contributed by atoms with E-state index in [2.05, 4.69) is 0 Å². The van der Waals surface area contributed by atoms with Crippen molar-refractivity contribution in [3.8, 4) is 5.75 Å². The number of rotatable bonds is 8. The number of ether oxygens (including phenoxy) is 1. The predicted octanol–water partition coefficient (Wildman–Crippen LogP) is 4.87. The Hall–Kier alpha value is -3.87. The lowest BCUT2D eigenvalue weighted by Crippen LogP contribution is -2.31. The summed E-state index contributed by atoms with van der Waals surface area (Å²) in [6.45, 7) is 2.70. The topological polar surface area (TPSA) is 80.0 Å². The molecule has 0 radical (unpaired) electrons. The van der Waals surface area contributed by atoms with E-state index in [4.69, 9.17) is 9.15 Å². The van der Waals surface area contributed by atoms with Crippen molar-refractivity contribution < 1.29 is 28.2 Å². The third-order valence-electron chi connectivity index (χ3n) is 5.49. The average Bonchev–Trinajstić information content (AvgIpc) is 3.44. The lowest BCUT2D eigenvalue weighted by atomic mass is 9.99. The van der Waals surface area contributed by atoms with Crippen molar-refractivity contribution >= 4 is 17.4 Å². The first-order valence-electron chi connectivity index (χ1n) is 10.8. The quantitative estimate of drug-likeness (QED) is 0.301. The Labute approximate surface area is 190 Å². The summed E-state index contributed by atoms with van der Waals surface area (Å²) in [4.78, 5) is 27.3. The lowest BCUT2D eigenvalue weighted by molar-refractivity contribution is -0.140. The zero-order valence-corrected chi connectivity index (χ0v) is 18.2. The van der Waals surface area contributed by atoms with Crippen molar-refractivity contribution in [3.63, 3.8) is 0 Å². The second-order valence-corrected chi connectivity index (χ2v) is 7.76. The van der Waals surface area contributed by atoms with Crippen LogP contribution >= 0.6 is 0 Å². The highest BCUT2D eigenvalue weighted by atomic mass is 19.1. The highest BCUT2D eigenvalue weighted by Gasteiger charge is 2.47. The van der Waals surface area contributed by atoms with Crippen LogP contribution in [0.3, 0.4) is 0 Å². The molecule has 33 heavy (non-hydrogen) atoms. The number of nitrogens with zero attached hydrogens (tertiary/aromatic N) is 1. The third kappa shape index (κ3) is 4.67. The number of halogens is 1. The second-order valence-electron chi connectivity index (χ2n) is 7.76. The minimum absolute atomic E-state index is 0.0401. The lowest BCUT2D eigenvalue weighted by Gasteiger charge is -2.23. The van der Waals surface area contributed by atoms with Crippen molar-refractivity contribution in [1.82, 2.24) is 4.90 Å². The van der Waals surface area contributed by atoms with E-state index < -0.39 is 17.7 Å². The molecular formula is C26H24FNO5. The minimum atomic E-state index is -0.874. The van der Waals surface area contributed by atoms with Gasteiger partial charge in [0.2, 0.25) is 0 Å². The van der Waals surface area contributed by atoms with Crippen LogP contribution in [0.2, 0.25) is 0 Å². The van der Waals surface area contributed by atoms with E-state index in [0.29, 0.717) is 30.1 Å². The van der Waals surface area contributed by atoms with Gasteiger partial charge in [-0.1, -0.05) is 31.2 Å². The molecule has 0 saturated carbocycles. The molecule has 1 saturated heterocycles. The van der Waals surface area contributed by atoms with Gasteiger partial charge >= 0.3 is 0 Å². The summed E-state index contributed by atoms with van der Waals surface area (Å²) in [7, 11) is 0. The van der Waals surface area contributed by atoms with Gasteiger partial charge in [-0.3, -0.25) is 9.59 Å². The smallest absolute Gasteiger partial charge is 0.295 e. The van der Waals surface area contributed by atoms with Gasteiger partial charge in [0.25, 0.3) is 11.7 Å². The van der Waals surface area contributed by atoms with Gasteiger partial charge < -0.3 is 19.2 Å². The predicted molar refractivity (Wildman–Crippen MR) is 120 cm³/mol. The molecule has 1 aromatic heterocycles. The van der Waals surface area contributed by atoms with Gasteiger partial charge in [-0.05, 0) is 54.8 Å². The fraction of sp³-hybridized carbons (Fsp3) is 0.231. The maximum atomic E-state index is 13.2. The molecule has 1 unspecified atom stereocenters. The standard InChI is InChI=1S/C26H24FNO5/c1-2-14-32-20-6-3-5-18(16-20)24(29)22-23(21-7-4-15-33-21)28(26(31)25(22)30)13-12-17-8-10-19(27)11-9-17/h3-11,15-16,23,29H,2,12-14H2,1H3/b24-22-. The van der Waals surface area contributed by atoms with Crippen molar-refractivity contribution in [2.24, 2.45) is 0 Å². The van der Waals surface area contributed by atoms with Crippen LogP contribution < -0.4 is 4.74 Å². The van der Waals surface area contributed by atoms with E-state index in [1.54, 1.807) is 48.5 Å². The van der Waals surface area contributed by atoms with E-state index >= 15 is 0 Å². The SMILES string of the molecule is CCCOc1cccc(/C(O)=C2/C(=O)C(=O)N(CCc3ccc(F)cc3)C2c2ccco2)c1. The number of amides is 1. The zero-order chi connectivity index (χ0) is 23.4. The number of aliphatic hydroxyl groups is 1. The molecule has 1 N–H and O–H groups in total. The zero-order valence-electron chi connectivity index (χ0n) is 18.2. The molecule has 6 nitrogen and oxygen atoms in total. The molecular weight excluding hydrogens is 425 g/mol. The van der Waals surface area contributed by atoms with E-state index in [0.717, 1.165) is 12.0 Å². The Morgan fingerprint density at radius 3 is 2.61 bits per heavy atom. The molecule has 7 heteroatoms. The normalized spacial score (nSPS) is 17.5. The number of likely N-dealkylation sites (tertiary alicyclic amines) is 1. The van der Waals surface area contributed by atoms with E-state index in [-0.39, 0.29) is 23.7 Å². The summed E-state index contributed by atoms with van der Waals surface area (Å²) in [5.41, 5.74) is 1.15. The summed E-state index contributed by atoms with van der Waals surface area (Å²) in [5, 5.41) is 11.1. The molecule has 4 rings (SSSR count). The molecule has 1 aliphatic heterocycles. The highest BCUT2D eigenvalue weighted by Crippen LogP contribution is 2.40. The molecule has 0 bridgehead atoms. The Balaban J connectivity index is 1.70. The van der Waals surface area contributed by atoms with Gasteiger partial charge in [0.05, 0.1) is 18.4 Å². The third-order valence-corrected chi connectivity index (χ3v) is 5.49. The maximum absolute atomic E-state index is 13.2. The fourth-order valence-electron chi connectivity index (χ4n) is 3.86. The largest absolute Gasteiger partial charge is 0.507 e. The van der Waals surface area contributed by atoms with E-state index in [1.165, 1.54) is 23.3 Å². The molecule has 170 valence electrons. The van der Waals surface area contributed by atoms with Crippen LogP contribution in [0.15, 0.2) is 76.9 Å². The summed E-state index contributed by atoms with van der Waals surface area (Å²) < 4.78 is 24.4. The van der Waals surface area contributed by atoms with Crippen LogP contribution in [0.1, 0.15) is 36.3 Å². The first-order valence-corrected chi connectivity index (χ1v) is 10.8. The number of carbonyl (C=O) groups excluding carboxylic acids is 2. The number of furan rings is 1. The molecule has 1 amide bonds. The second kappa shape index (κ2) is 9.73. The van der Waals surface area contributed by atoms with Crippen LogP contribution in [-0.2, 0) is 16.0 Å². The van der Waals surface area contributed by atoms with Crippen LogP contribution in [0.25, 0.3) is 5.76 Å². The molecule has 2 heterocycles. The average molecular weight is 449 g/mol. The van der Waals surface area contributed by atoms with Gasteiger partial charge in [0, 0.05) is 12.1 Å². The first-order chi connectivity index (χ1) is 16.0. The Morgan fingerprint density at radius 2 is 1.91 bits per heavy atom. The molecule has 0 aliphatic carbocycles. The summed E-state index contributed by atoms with van der Waals surface area (Å²) in [5.74, 6) is -1.22. The Bertz CT molecular complexity index is 1170. The number of aliphatic hydroxyl groups excluding tert-OH is 1. The first kappa shape index (κ1) is 22.3. The van der Waals surface area contributed by atoms with Crippen LogP contribution in [0, 0.1) is 5.82 Å². The Kier molecular flexibility index (Phi) is 6.58. The molecule has 2 aromatic carbocycles. The Morgan fingerprint density at radius 1 is 1.12 bits per heavy atom. The summed E-state index contributed by atoms with van der Waals surface area (Å²) in [6, 6.07) is 15.2. The molecule has 3 aromatic rings.